The SMILES string of the molecule is CC(=O)CC[C@@H]1N=C(c2ccccn2)c2cc(Br)ccc2-n2ccnc21. The van der Waals surface area contributed by atoms with Crippen LogP contribution in [-0.4, -0.2) is 26.0 Å². The molecule has 130 valence electrons. The van der Waals surface area contributed by atoms with Crippen molar-refractivity contribution in [3.8, 4) is 5.69 Å². The second-order valence-electron chi connectivity index (χ2n) is 6.27. The largest absolute Gasteiger partial charge is 0.301 e. The van der Waals surface area contributed by atoms with Crippen molar-refractivity contribution in [2.75, 3.05) is 0 Å². The van der Waals surface area contributed by atoms with Crippen LogP contribution in [0.25, 0.3) is 5.69 Å². The molecule has 0 amide bonds. The van der Waals surface area contributed by atoms with Crippen LogP contribution in [0.3, 0.4) is 0 Å². The Morgan fingerprint density at radius 1 is 1.19 bits per heavy atom. The fourth-order valence-electron chi connectivity index (χ4n) is 3.20. The first-order valence-electron chi connectivity index (χ1n) is 8.45. The third kappa shape index (κ3) is 3.12. The summed E-state index contributed by atoms with van der Waals surface area (Å²) in [5.41, 5.74) is 3.63. The predicted molar refractivity (Wildman–Crippen MR) is 104 cm³/mol. The molecule has 5 nitrogen and oxygen atoms in total. The lowest BCUT2D eigenvalue weighted by Crippen LogP contribution is -2.09. The van der Waals surface area contributed by atoms with Gasteiger partial charge in [-0.15, -0.1) is 0 Å². The molecular formula is C20H17BrN4O. The topological polar surface area (TPSA) is 60.1 Å². The zero-order chi connectivity index (χ0) is 18.1. The van der Waals surface area contributed by atoms with Gasteiger partial charge in [-0.25, -0.2) is 4.98 Å². The lowest BCUT2D eigenvalue weighted by molar-refractivity contribution is -0.117. The fraction of sp³-hybridized carbons (Fsp3) is 0.200. The quantitative estimate of drug-likeness (QED) is 0.646. The van der Waals surface area contributed by atoms with Crippen molar-refractivity contribution in [3.63, 3.8) is 0 Å². The molecule has 4 rings (SSSR count). The third-order valence-corrected chi connectivity index (χ3v) is 4.90. The number of nitrogens with zero attached hydrogens (tertiary/aromatic N) is 4. The zero-order valence-electron chi connectivity index (χ0n) is 14.3. The first-order valence-corrected chi connectivity index (χ1v) is 9.25. The van der Waals surface area contributed by atoms with Gasteiger partial charge in [-0.05, 0) is 43.7 Å². The number of aromatic nitrogens is 3. The van der Waals surface area contributed by atoms with E-state index in [1.807, 2.05) is 30.5 Å². The van der Waals surface area contributed by atoms with Crippen molar-refractivity contribution in [1.29, 1.82) is 0 Å². The Morgan fingerprint density at radius 3 is 2.85 bits per heavy atom. The Labute approximate surface area is 160 Å². The summed E-state index contributed by atoms with van der Waals surface area (Å²) in [6, 6.07) is 11.7. The van der Waals surface area contributed by atoms with Gasteiger partial charge in [0, 0.05) is 35.0 Å². The molecule has 0 N–H and O–H groups in total. The summed E-state index contributed by atoms with van der Waals surface area (Å²) < 4.78 is 3.04. The minimum absolute atomic E-state index is 0.155. The van der Waals surface area contributed by atoms with Crippen molar-refractivity contribution in [2.24, 2.45) is 4.99 Å². The second-order valence-corrected chi connectivity index (χ2v) is 7.18. The number of carbonyl (C=O) groups excluding carboxylic acids is 1. The summed E-state index contributed by atoms with van der Waals surface area (Å²) in [6.45, 7) is 1.61. The molecule has 0 fully saturated rings. The molecular weight excluding hydrogens is 392 g/mol. The normalized spacial score (nSPS) is 15.6. The number of carbonyl (C=O) groups is 1. The summed E-state index contributed by atoms with van der Waals surface area (Å²) in [5.74, 6) is 1.00. The average molecular weight is 409 g/mol. The number of Topliss-reactive ketones (excluding diaryl/α,β-unsaturated/α-hetero) is 1. The number of ketones is 1. The molecule has 26 heavy (non-hydrogen) atoms. The molecule has 0 saturated heterocycles. The molecule has 0 radical (unpaired) electrons. The van der Waals surface area contributed by atoms with Gasteiger partial charge in [0.15, 0.2) is 0 Å². The highest BCUT2D eigenvalue weighted by atomic mass is 79.9. The molecule has 1 atom stereocenters. The molecule has 0 saturated carbocycles. The minimum Gasteiger partial charge on any atom is -0.301 e. The molecule has 1 aliphatic heterocycles. The van der Waals surface area contributed by atoms with Crippen LogP contribution in [0, 0.1) is 0 Å². The number of imidazole rings is 1. The Balaban J connectivity index is 1.94. The van der Waals surface area contributed by atoms with Gasteiger partial charge in [0.05, 0.1) is 17.1 Å². The van der Waals surface area contributed by atoms with Crippen LogP contribution < -0.4 is 0 Å². The molecule has 1 aliphatic rings. The lowest BCUT2D eigenvalue weighted by atomic mass is 10.0. The van der Waals surface area contributed by atoms with E-state index in [-0.39, 0.29) is 11.8 Å². The summed E-state index contributed by atoms with van der Waals surface area (Å²) in [5, 5.41) is 0. The molecule has 0 unspecified atom stereocenters. The van der Waals surface area contributed by atoms with Gasteiger partial charge in [-0.1, -0.05) is 22.0 Å². The van der Waals surface area contributed by atoms with Crippen molar-refractivity contribution in [1.82, 2.24) is 14.5 Å². The van der Waals surface area contributed by atoms with Crippen molar-refractivity contribution >= 4 is 27.4 Å². The summed E-state index contributed by atoms with van der Waals surface area (Å²) in [7, 11) is 0. The Morgan fingerprint density at radius 2 is 2.08 bits per heavy atom. The van der Waals surface area contributed by atoms with E-state index in [9.17, 15) is 4.79 Å². The van der Waals surface area contributed by atoms with Gasteiger partial charge in [-0.2, -0.15) is 0 Å². The van der Waals surface area contributed by atoms with Crippen LogP contribution in [0.5, 0.6) is 0 Å². The third-order valence-electron chi connectivity index (χ3n) is 4.40. The van der Waals surface area contributed by atoms with E-state index < -0.39 is 0 Å². The maximum atomic E-state index is 11.5. The van der Waals surface area contributed by atoms with E-state index in [1.165, 1.54) is 0 Å². The number of rotatable bonds is 4. The highest BCUT2D eigenvalue weighted by Crippen LogP contribution is 2.33. The second kappa shape index (κ2) is 6.96. The van der Waals surface area contributed by atoms with E-state index in [1.54, 1.807) is 19.3 Å². The molecule has 2 aromatic heterocycles. The van der Waals surface area contributed by atoms with E-state index >= 15 is 0 Å². The van der Waals surface area contributed by atoms with E-state index in [2.05, 4.69) is 42.6 Å². The van der Waals surface area contributed by atoms with Gasteiger partial charge in [0.25, 0.3) is 0 Å². The van der Waals surface area contributed by atoms with Crippen LogP contribution in [0.2, 0.25) is 0 Å². The van der Waals surface area contributed by atoms with E-state index in [4.69, 9.17) is 4.99 Å². The molecule has 3 heterocycles. The highest BCUT2D eigenvalue weighted by Gasteiger charge is 2.26. The summed E-state index contributed by atoms with van der Waals surface area (Å²) in [4.78, 5) is 25.6. The maximum absolute atomic E-state index is 11.5. The number of hydrogen-bond acceptors (Lipinski definition) is 4. The van der Waals surface area contributed by atoms with Crippen LogP contribution in [0.1, 0.15) is 42.9 Å². The van der Waals surface area contributed by atoms with Gasteiger partial charge in [-0.3, -0.25) is 9.98 Å². The van der Waals surface area contributed by atoms with Gasteiger partial charge < -0.3 is 9.36 Å². The first-order chi connectivity index (χ1) is 12.6. The number of aliphatic imine (C=N–C) groups is 1. The van der Waals surface area contributed by atoms with Crippen molar-refractivity contribution < 1.29 is 4.79 Å². The summed E-state index contributed by atoms with van der Waals surface area (Å²) >= 11 is 3.57. The summed E-state index contributed by atoms with van der Waals surface area (Å²) in [6.07, 6.45) is 6.58. The first kappa shape index (κ1) is 16.8. The minimum atomic E-state index is -0.197. The van der Waals surface area contributed by atoms with Crippen LogP contribution >= 0.6 is 15.9 Å². The molecule has 0 aliphatic carbocycles. The van der Waals surface area contributed by atoms with E-state index in [0.717, 1.165) is 33.0 Å². The maximum Gasteiger partial charge on any atom is 0.138 e. The monoisotopic (exact) mass is 408 g/mol. The van der Waals surface area contributed by atoms with Crippen molar-refractivity contribution in [2.45, 2.75) is 25.8 Å². The van der Waals surface area contributed by atoms with Gasteiger partial charge in [0.2, 0.25) is 0 Å². The number of benzene rings is 1. The average Bonchev–Trinajstić information content (AvgIpc) is 3.07. The molecule has 0 bridgehead atoms. The van der Waals surface area contributed by atoms with Crippen molar-refractivity contribution in [3.05, 3.63) is 76.5 Å². The highest BCUT2D eigenvalue weighted by molar-refractivity contribution is 9.10. The Kier molecular flexibility index (Phi) is 4.51. The smallest absolute Gasteiger partial charge is 0.138 e. The van der Waals surface area contributed by atoms with Crippen LogP contribution in [0.4, 0.5) is 0 Å². The van der Waals surface area contributed by atoms with Crippen LogP contribution in [-0.2, 0) is 4.79 Å². The van der Waals surface area contributed by atoms with Gasteiger partial charge in [0.1, 0.15) is 17.6 Å². The number of pyridine rings is 1. The number of fused-ring (bicyclic) bond motifs is 3. The molecule has 0 spiro atoms. The van der Waals surface area contributed by atoms with Gasteiger partial charge >= 0.3 is 0 Å². The Bertz CT molecular complexity index is 994. The lowest BCUT2D eigenvalue weighted by Gasteiger charge is -2.12. The van der Waals surface area contributed by atoms with E-state index in [0.29, 0.717) is 12.8 Å². The zero-order valence-corrected chi connectivity index (χ0v) is 15.8. The molecule has 3 aromatic rings. The number of hydrogen-bond donors (Lipinski definition) is 0. The van der Waals surface area contributed by atoms with Crippen LogP contribution in [0.15, 0.2) is 64.5 Å². The molecule has 1 aromatic carbocycles. The standard InChI is InChI=1S/C20H17BrN4O/c1-13(26)5-7-17-20-23-10-11-25(20)18-8-6-14(21)12-15(18)19(24-17)16-4-2-3-9-22-16/h2-4,6,8-12,17H,5,7H2,1H3/t17-/m0/s1. The predicted octanol–water partition coefficient (Wildman–Crippen LogP) is 4.29. The molecule has 6 heteroatoms. The fourth-order valence-corrected chi connectivity index (χ4v) is 3.56. The number of halogens is 1. The Hall–Kier alpha value is -2.60.